The number of amides is 1. The van der Waals surface area contributed by atoms with Crippen LogP contribution in [0.2, 0.25) is 0 Å². The van der Waals surface area contributed by atoms with Gasteiger partial charge in [0, 0.05) is 18.1 Å². The Morgan fingerprint density at radius 1 is 1.03 bits per heavy atom. The standard InChI is InChI=1S/C22H18BrN3O3S/c1-25-21-17(20(28)26(22(25)29)13-15-5-3-2-4-6-15)11-18(30-21)19(27)24-12-14-7-9-16(23)10-8-14/h2-11H,12-13H2,1H3,(H,24,27). The van der Waals surface area contributed by atoms with Gasteiger partial charge in [0.05, 0.1) is 16.8 Å². The third-order valence-corrected chi connectivity index (χ3v) is 6.52. The molecule has 0 saturated heterocycles. The van der Waals surface area contributed by atoms with Crippen molar-refractivity contribution < 1.29 is 4.79 Å². The number of carbonyl (C=O) groups is 1. The number of aromatic nitrogens is 2. The van der Waals surface area contributed by atoms with Crippen LogP contribution in [-0.4, -0.2) is 15.0 Å². The summed E-state index contributed by atoms with van der Waals surface area (Å²) in [5, 5.41) is 3.23. The second-order valence-corrected chi connectivity index (χ2v) is 8.80. The van der Waals surface area contributed by atoms with Crippen molar-refractivity contribution in [2.45, 2.75) is 13.1 Å². The number of halogens is 1. The summed E-state index contributed by atoms with van der Waals surface area (Å²) in [6, 6.07) is 18.6. The number of nitrogens with one attached hydrogen (secondary N) is 1. The van der Waals surface area contributed by atoms with E-state index in [9.17, 15) is 14.4 Å². The van der Waals surface area contributed by atoms with Crippen LogP contribution in [0.1, 0.15) is 20.8 Å². The Bertz CT molecular complexity index is 1340. The van der Waals surface area contributed by atoms with Crippen LogP contribution in [0.25, 0.3) is 10.2 Å². The Balaban J connectivity index is 1.65. The minimum atomic E-state index is -0.403. The number of carbonyl (C=O) groups excluding carboxylic acids is 1. The Morgan fingerprint density at radius 2 is 1.73 bits per heavy atom. The molecule has 2 heterocycles. The van der Waals surface area contributed by atoms with Crippen LogP contribution >= 0.6 is 27.3 Å². The van der Waals surface area contributed by atoms with Gasteiger partial charge in [-0.3, -0.25) is 18.7 Å². The largest absolute Gasteiger partial charge is 0.347 e. The third-order valence-electron chi connectivity index (χ3n) is 4.78. The number of hydrogen-bond donors (Lipinski definition) is 1. The molecule has 0 fully saturated rings. The summed E-state index contributed by atoms with van der Waals surface area (Å²) in [5.41, 5.74) is 1.03. The van der Waals surface area contributed by atoms with Crippen molar-refractivity contribution in [3.8, 4) is 0 Å². The molecule has 8 heteroatoms. The van der Waals surface area contributed by atoms with Crippen molar-refractivity contribution in [2.75, 3.05) is 0 Å². The summed E-state index contributed by atoms with van der Waals surface area (Å²) >= 11 is 4.53. The smallest absolute Gasteiger partial charge is 0.332 e. The molecule has 30 heavy (non-hydrogen) atoms. The number of thiophene rings is 1. The molecule has 1 amide bonds. The molecule has 0 spiro atoms. The van der Waals surface area contributed by atoms with Crippen molar-refractivity contribution >= 4 is 43.4 Å². The second kappa shape index (κ2) is 8.41. The summed E-state index contributed by atoms with van der Waals surface area (Å²) in [6.45, 7) is 0.556. The molecule has 0 saturated carbocycles. The lowest BCUT2D eigenvalue weighted by atomic mass is 10.2. The third kappa shape index (κ3) is 4.01. The summed E-state index contributed by atoms with van der Waals surface area (Å²) in [5.74, 6) is -0.277. The SMILES string of the molecule is Cn1c(=O)n(Cc2ccccc2)c(=O)c2cc(C(=O)NCc3ccc(Br)cc3)sc21. The first-order valence-electron chi connectivity index (χ1n) is 9.24. The number of rotatable bonds is 5. The molecule has 152 valence electrons. The van der Waals surface area contributed by atoms with E-state index in [1.807, 2.05) is 54.6 Å². The van der Waals surface area contributed by atoms with Crippen molar-refractivity contribution in [3.63, 3.8) is 0 Å². The molecular weight excluding hydrogens is 466 g/mol. The van der Waals surface area contributed by atoms with Crippen molar-refractivity contribution in [1.82, 2.24) is 14.5 Å². The van der Waals surface area contributed by atoms with E-state index < -0.39 is 5.69 Å². The zero-order valence-electron chi connectivity index (χ0n) is 16.1. The first-order chi connectivity index (χ1) is 14.4. The van der Waals surface area contributed by atoms with Gasteiger partial charge in [0.1, 0.15) is 4.83 Å². The highest BCUT2D eigenvalue weighted by molar-refractivity contribution is 9.10. The number of fused-ring (bicyclic) bond motifs is 1. The molecule has 0 aliphatic heterocycles. The normalized spacial score (nSPS) is 11.0. The Kier molecular flexibility index (Phi) is 5.69. The topological polar surface area (TPSA) is 73.1 Å². The summed E-state index contributed by atoms with van der Waals surface area (Å²) in [4.78, 5) is 39.2. The monoisotopic (exact) mass is 483 g/mol. The molecule has 2 aromatic carbocycles. The van der Waals surface area contributed by atoms with Crippen LogP contribution in [0.15, 0.2) is 74.7 Å². The number of hydrogen-bond acceptors (Lipinski definition) is 4. The van der Waals surface area contributed by atoms with Crippen LogP contribution < -0.4 is 16.6 Å². The lowest BCUT2D eigenvalue weighted by Gasteiger charge is -2.08. The molecule has 0 aliphatic carbocycles. The van der Waals surface area contributed by atoms with E-state index in [2.05, 4.69) is 21.2 Å². The predicted molar refractivity (Wildman–Crippen MR) is 122 cm³/mol. The van der Waals surface area contributed by atoms with Crippen LogP contribution in [0, 0.1) is 0 Å². The highest BCUT2D eigenvalue weighted by Gasteiger charge is 2.18. The van der Waals surface area contributed by atoms with Gasteiger partial charge in [0.2, 0.25) is 0 Å². The first-order valence-corrected chi connectivity index (χ1v) is 10.8. The molecule has 0 aliphatic rings. The van der Waals surface area contributed by atoms with E-state index in [1.54, 1.807) is 13.1 Å². The van der Waals surface area contributed by atoms with Gasteiger partial charge in [-0.05, 0) is 29.3 Å². The Labute approximate surface area is 184 Å². The maximum absolute atomic E-state index is 13.0. The van der Waals surface area contributed by atoms with E-state index in [1.165, 1.54) is 9.13 Å². The Morgan fingerprint density at radius 3 is 2.43 bits per heavy atom. The maximum Gasteiger partial charge on any atom is 0.332 e. The quantitative estimate of drug-likeness (QED) is 0.472. The van der Waals surface area contributed by atoms with Crippen LogP contribution in [0.5, 0.6) is 0 Å². The van der Waals surface area contributed by atoms with Gasteiger partial charge < -0.3 is 5.32 Å². The molecule has 0 bridgehead atoms. The fourth-order valence-corrected chi connectivity index (χ4v) is 4.46. The number of benzene rings is 2. The van der Waals surface area contributed by atoms with E-state index in [0.717, 1.165) is 26.9 Å². The fourth-order valence-electron chi connectivity index (χ4n) is 3.17. The van der Waals surface area contributed by atoms with Crippen molar-refractivity contribution in [2.24, 2.45) is 7.05 Å². The van der Waals surface area contributed by atoms with Gasteiger partial charge in [-0.25, -0.2) is 4.79 Å². The van der Waals surface area contributed by atoms with Gasteiger partial charge in [0.15, 0.2) is 0 Å². The van der Waals surface area contributed by atoms with Crippen molar-refractivity contribution in [1.29, 1.82) is 0 Å². The van der Waals surface area contributed by atoms with Gasteiger partial charge in [0.25, 0.3) is 11.5 Å². The highest BCUT2D eigenvalue weighted by Crippen LogP contribution is 2.22. The molecule has 4 rings (SSSR count). The molecular formula is C22H18BrN3O3S. The summed E-state index contributed by atoms with van der Waals surface area (Å²) < 4.78 is 3.60. The molecule has 2 aromatic heterocycles. The number of aryl methyl sites for hydroxylation is 1. The Hall–Kier alpha value is -2.97. The molecule has 4 aromatic rings. The molecule has 0 radical (unpaired) electrons. The lowest BCUT2D eigenvalue weighted by Crippen LogP contribution is -2.38. The fraction of sp³-hybridized carbons (Fsp3) is 0.136. The summed E-state index contributed by atoms with van der Waals surface area (Å²) in [6.07, 6.45) is 0. The minimum absolute atomic E-state index is 0.184. The zero-order valence-corrected chi connectivity index (χ0v) is 18.5. The van der Waals surface area contributed by atoms with Gasteiger partial charge in [-0.15, -0.1) is 11.3 Å². The number of nitrogens with zero attached hydrogens (tertiary/aromatic N) is 2. The average molecular weight is 484 g/mol. The molecule has 0 atom stereocenters. The molecule has 1 N–H and O–H groups in total. The van der Waals surface area contributed by atoms with Gasteiger partial charge in [-0.1, -0.05) is 58.4 Å². The van der Waals surface area contributed by atoms with Crippen molar-refractivity contribution in [3.05, 3.63) is 102 Å². The van der Waals surface area contributed by atoms with E-state index >= 15 is 0 Å². The average Bonchev–Trinajstić information content (AvgIpc) is 3.21. The lowest BCUT2D eigenvalue weighted by molar-refractivity contribution is 0.0955. The molecule has 6 nitrogen and oxygen atoms in total. The molecule has 0 unspecified atom stereocenters. The minimum Gasteiger partial charge on any atom is -0.347 e. The second-order valence-electron chi connectivity index (χ2n) is 6.86. The van der Waals surface area contributed by atoms with E-state index in [0.29, 0.717) is 21.6 Å². The maximum atomic E-state index is 13.0. The van der Waals surface area contributed by atoms with Crippen LogP contribution in [0.3, 0.4) is 0 Å². The first kappa shape index (κ1) is 20.3. The van der Waals surface area contributed by atoms with Crippen LogP contribution in [-0.2, 0) is 20.1 Å². The van der Waals surface area contributed by atoms with E-state index in [4.69, 9.17) is 0 Å². The van der Waals surface area contributed by atoms with Gasteiger partial charge >= 0.3 is 5.69 Å². The van der Waals surface area contributed by atoms with Crippen LogP contribution in [0.4, 0.5) is 0 Å². The predicted octanol–water partition coefficient (Wildman–Crippen LogP) is 3.50. The zero-order chi connectivity index (χ0) is 21.3. The highest BCUT2D eigenvalue weighted by atomic mass is 79.9. The van der Waals surface area contributed by atoms with E-state index in [-0.39, 0.29) is 18.0 Å². The summed E-state index contributed by atoms with van der Waals surface area (Å²) in [7, 11) is 1.62. The van der Waals surface area contributed by atoms with Gasteiger partial charge in [-0.2, -0.15) is 0 Å².